The summed E-state index contributed by atoms with van der Waals surface area (Å²) in [7, 11) is 0. The Morgan fingerprint density at radius 2 is 2.64 bits per heavy atom. The van der Waals surface area contributed by atoms with E-state index in [1.54, 1.807) is 16.8 Å². The van der Waals surface area contributed by atoms with E-state index < -0.39 is 0 Å². The lowest BCUT2D eigenvalue weighted by molar-refractivity contribution is 0.698. The molecule has 0 amide bonds. The van der Waals surface area contributed by atoms with Crippen LogP contribution in [0.4, 0.5) is 0 Å². The third kappa shape index (κ3) is 2.44. The molecule has 2 N–H and O–H groups in total. The minimum absolute atomic E-state index is 0.0266. The van der Waals surface area contributed by atoms with Crippen molar-refractivity contribution in [2.75, 3.05) is 0 Å². The molecule has 1 unspecified atom stereocenters. The van der Waals surface area contributed by atoms with Gasteiger partial charge in [0.05, 0.1) is 17.2 Å². The van der Waals surface area contributed by atoms with E-state index in [2.05, 4.69) is 11.6 Å². The first-order valence-electron chi connectivity index (χ1n) is 3.48. The van der Waals surface area contributed by atoms with Crippen LogP contribution < -0.4 is 5.73 Å². The molecule has 0 saturated heterocycles. The molecule has 0 saturated carbocycles. The number of nitrogens with zero attached hydrogens (tertiary/aromatic N) is 1. The third-order valence-electron chi connectivity index (χ3n) is 1.40. The van der Waals surface area contributed by atoms with E-state index in [0.29, 0.717) is 0 Å². The first kappa shape index (κ1) is 8.43. The highest BCUT2D eigenvalue weighted by Crippen LogP contribution is 2.16. The van der Waals surface area contributed by atoms with Crippen molar-refractivity contribution in [3.63, 3.8) is 0 Å². The third-order valence-corrected chi connectivity index (χ3v) is 2.00. The molecule has 1 heterocycles. The van der Waals surface area contributed by atoms with Crippen LogP contribution >= 0.6 is 11.3 Å². The summed E-state index contributed by atoms with van der Waals surface area (Å²) in [5.74, 6) is 0. The molecule has 1 aromatic rings. The first-order chi connectivity index (χ1) is 5.20. The van der Waals surface area contributed by atoms with Gasteiger partial charge in [0, 0.05) is 5.38 Å². The van der Waals surface area contributed by atoms with Gasteiger partial charge < -0.3 is 5.73 Å². The van der Waals surface area contributed by atoms with Crippen LogP contribution in [0.3, 0.4) is 0 Å². The predicted molar refractivity (Wildman–Crippen MR) is 48.5 cm³/mol. The average Bonchev–Trinajstić information content (AvgIpc) is 2.35. The van der Waals surface area contributed by atoms with Crippen LogP contribution in [-0.4, -0.2) is 4.98 Å². The van der Waals surface area contributed by atoms with E-state index in [4.69, 9.17) is 5.73 Å². The molecular formula is C8H12N2S. The molecule has 2 nitrogen and oxygen atoms in total. The fraction of sp³-hybridized carbons (Fsp3) is 0.375. The first-order valence-corrected chi connectivity index (χ1v) is 4.42. The van der Waals surface area contributed by atoms with E-state index in [1.807, 2.05) is 12.3 Å². The summed E-state index contributed by atoms with van der Waals surface area (Å²) in [6.45, 7) is 5.78. The maximum atomic E-state index is 5.82. The van der Waals surface area contributed by atoms with Crippen molar-refractivity contribution >= 4 is 11.3 Å². The van der Waals surface area contributed by atoms with Gasteiger partial charge in [-0.3, -0.25) is 0 Å². The summed E-state index contributed by atoms with van der Waals surface area (Å²) in [5, 5.41) is 1.98. The van der Waals surface area contributed by atoms with Crippen molar-refractivity contribution in [3.8, 4) is 0 Å². The maximum Gasteiger partial charge on any atom is 0.0795 e. The van der Waals surface area contributed by atoms with Gasteiger partial charge in [-0.1, -0.05) is 5.57 Å². The zero-order valence-electron chi connectivity index (χ0n) is 6.58. The van der Waals surface area contributed by atoms with Crippen LogP contribution in [0, 0.1) is 0 Å². The number of thiazole rings is 1. The van der Waals surface area contributed by atoms with Crippen LogP contribution in [0.2, 0.25) is 0 Å². The fourth-order valence-corrected chi connectivity index (χ4v) is 1.50. The smallest absolute Gasteiger partial charge is 0.0795 e. The molecule has 11 heavy (non-hydrogen) atoms. The summed E-state index contributed by atoms with van der Waals surface area (Å²) in [6.07, 6.45) is 0.823. The Kier molecular flexibility index (Phi) is 2.79. The summed E-state index contributed by atoms with van der Waals surface area (Å²) < 4.78 is 0. The molecule has 0 aromatic carbocycles. The molecule has 60 valence electrons. The normalized spacial score (nSPS) is 12.9. The minimum Gasteiger partial charge on any atom is -0.322 e. The lowest BCUT2D eigenvalue weighted by Crippen LogP contribution is -2.10. The van der Waals surface area contributed by atoms with Gasteiger partial charge in [0.25, 0.3) is 0 Å². The Bertz CT molecular complexity index is 228. The van der Waals surface area contributed by atoms with Crippen LogP contribution in [0.5, 0.6) is 0 Å². The molecule has 0 aliphatic rings. The van der Waals surface area contributed by atoms with E-state index in [1.165, 1.54) is 0 Å². The van der Waals surface area contributed by atoms with Crippen molar-refractivity contribution in [1.29, 1.82) is 0 Å². The van der Waals surface area contributed by atoms with Gasteiger partial charge in [0.15, 0.2) is 0 Å². The Morgan fingerprint density at radius 1 is 1.91 bits per heavy atom. The number of nitrogens with two attached hydrogens (primary N) is 1. The SMILES string of the molecule is C=C(C)CC(N)c1cscn1. The van der Waals surface area contributed by atoms with Gasteiger partial charge in [0.2, 0.25) is 0 Å². The Morgan fingerprint density at radius 3 is 3.09 bits per heavy atom. The highest BCUT2D eigenvalue weighted by atomic mass is 32.1. The molecule has 0 fully saturated rings. The quantitative estimate of drug-likeness (QED) is 0.702. The Labute approximate surface area is 70.8 Å². The molecule has 1 atom stereocenters. The number of hydrogen-bond acceptors (Lipinski definition) is 3. The van der Waals surface area contributed by atoms with Crippen LogP contribution in [0.15, 0.2) is 23.0 Å². The second-order valence-corrected chi connectivity index (χ2v) is 3.40. The van der Waals surface area contributed by atoms with Gasteiger partial charge in [-0.15, -0.1) is 17.9 Å². The monoisotopic (exact) mass is 168 g/mol. The highest BCUT2D eigenvalue weighted by Gasteiger charge is 2.06. The molecule has 0 spiro atoms. The van der Waals surface area contributed by atoms with Crippen molar-refractivity contribution in [1.82, 2.24) is 4.98 Å². The fourth-order valence-electron chi connectivity index (χ4n) is 0.885. The molecule has 1 aromatic heterocycles. The molecule has 0 bridgehead atoms. The highest BCUT2D eigenvalue weighted by molar-refractivity contribution is 7.07. The number of rotatable bonds is 3. The largest absolute Gasteiger partial charge is 0.322 e. The lowest BCUT2D eigenvalue weighted by Gasteiger charge is -2.06. The predicted octanol–water partition coefficient (Wildman–Crippen LogP) is 2.11. The molecule has 3 heteroatoms. The molecular weight excluding hydrogens is 156 g/mol. The van der Waals surface area contributed by atoms with Crippen LogP contribution in [0.1, 0.15) is 25.1 Å². The van der Waals surface area contributed by atoms with E-state index in [9.17, 15) is 0 Å². The van der Waals surface area contributed by atoms with Crippen molar-refractivity contribution in [2.45, 2.75) is 19.4 Å². The number of hydrogen-bond donors (Lipinski definition) is 1. The van der Waals surface area contributed by atoms with Gasteiger partial charge >= 0.3 is 0 Å². The zero-order chi connectivity index (χ0) is 8.27. The van der Waals surface area contributed by atoms with E-state index >= 15 is 0 Å². The summed E-state index contributed by atoms with van der Waals surface area (Å²) in [4.78, 5) is 4.12. The van der Waals surface area contributed by atoms with Gasteiger partial charge in [-0.2, -0.15) is 0 Å². The lowest BCUT2D eigenvalue weighted by atomic mass is 10.1. The van der Waals surface area contributed by atoms with E-state index in [-0.39, 0.29) is 6.04 Å². The average molecular weight is 168 g/mol. The second kappa shape index (κ2) is 3.64. The molecule has 0 radical (unpaired) electrons. The van der Waals surface area contributed by atoms with Crippen molar-refractivity contribution < 1.29 is 0 Å². The second-order valence-electron chi connectivity index (χ2n) is 2.68. The molecule has 0 aliphatic carbocycles. The van der Waals surface area contributed by atoms with Crippen LogP contribution in [-0.2, 0) is 0 Å². The maximum absolute atomic E-state index is 5.82. The van der Waals surface area contributed by atoms with Crippen molar-refractivity contribution in [2.24, 2.45) is 5.73 Å². The Hall–Kier alpha value is -0.670. The standard InChI is InChI=1S/C8H12N2S/c1-6(2)3-7(9)8-4-11-5-10-8/h4-5,7H,1,3,9H2,2H3. The van der Waals surface area contributed by atoms with Gasteiger partial charge in [-0.05, 0) is 13.3 Å². The number of aromatic nitrogens is 1. The van der Waals surface area contributed by atoms with Crippen LogP contribution in [0.25, 0.3) is 0 Å². The molecule has 0 aliphatic heterocycles. The van der Waals surface area contributed by atoms with Crippen molar-refractivity contribution in [3.05, 3.63) is 28.7 Å². The Balaban J connectivity index is 2.56. The zero-order valence-corrected chi connectivity index (χ0v) is 7.40. The molecule has 1 rings (SSSR count). The van der Waals surface area contributed by atoms with E-state index in [0.717, 1.165) is 17.7 Å². The summed E-state index contributed by atoms with van der Waals surface area (Å²) in [5.41, 5.74) is 9.70. The summed E-state index contributed by atoms with van der Waals surface area (Å²) >= 11 is 1.57. The minimum atomic E-state index is 0.0266. The van der Waals surface area contributed by atoms with Gasteiger partial charge in [0.1, 0.15) is 0 Å². The van der Waals surface area contributed by atoms with Gasteiger partial charge in [-0.25, -0.2) is 4.98 Å². The topological polar surface area (TPSA) is 38.9 Å². The summed E-state index contributed by atoms with van der Waals surface area (Å²) in [6, 6.07) is 0.0266.